The van der Waals surface area contributed by atoms with Gasteiger partial charge in [-0.05, 0) is 48.9 Å². The van der Waals surface area contributed by atoms with Crippen molar-refractivity contribution in [3.63, 3.8) is 0 Å². The Morgan fingerprint density at radius 3 is 2.67 bits per heavy atom. The zero-order valence-electron chi connectivity index (χ0n) is 18.8. The molecule has 0 aliphatic heterocycles. The molecular formula is C26H18Cl2N6O2. The summed E-state index contributed by atoms with van der Waals surface area (Å²) in [5.74, 6) is 1.03. The molecule has 0 atom stereocenters. The van der Waals surface area contributed by atoms with E-state index >= 15 is 0 Å². The molecule has 7 aromatic rings. The van der Waals surface area contributed by atoms with Crippen molar-refractivity contribution in [2.75, 3.05) is 12.3 Å². The molecule has 0 amide bonds. The Kier molecular flexibility index (Phi) is 4.74. The van der Waals surface area contributed by atoms with E-state index in [0.29, 0.717) is 57.9 Å². The molecule has 0 radical (unpaired) electrons. The van der Waals surface area contributed by atoms with Crippen LogP contribution < -0.4 is 10.5 Å². The van der Waals surface area contributed by atoms with Gasteiger partial charge in [0.25, 0.3) is 0 Å². The molecule has 0 saturated heterocycles. The number of aromatic amines is 1. The Hall–Kier alpha value is -4.01. The SMILES string of the molecule is Nc1ncnc2c1ncn2CCCOc1c2[nH]c3ccc(Cl)cc3c2cc2c1oc1ccc(Cl)cc12. The quantitative estimate of drug-likeness (QED) is 0.246. The Morgan fingerprint density at radius 1 is 0.944 bits per heavy atom. The molecule has 10 heteroatoms. The summed E-state index contributed by atoms with van der Waals surface area (Å²) in [6.07, 6.45) is 3.88. The third kappa shape index (κ3) is 3.26. The molecule has 36 heavy (non-hydrogen) atoms. The predicted molar refractivity (Wildman–Crippen MR) is 143 cm³/mol. The highest BCUT2D eigenvalue weighted by molar-refractivity contribution is 6.33. The van der Waals surface area contributed by atoms with E-state index in [0.717, 1.165) is 38.2 Å². The van der Waals surface area contributed by atoms with E-state index in [9.17, 15) is 0 Å². The highest BCUT2D eigenvalue weighted by Gasteiger charge is 2.20. The monoisotopic (exact) mass is 516 g/mol. The molecule has 8 nitrogen and oxygen atoms in total. The zero-order chi connectivity index (χ0) is 24.4. The number of hydrogen-bond donors (Lipinski definition) is 2. The average molecular weight is 517 g/mol. The van der Waals surface area contributed by atoms with Gasteiger partial charge in [-0.1, -0.05) is 23.2 Å². The first-order valence-corrected chi connectivity index (χ1v) is 12.1. The van der Waals surface area contributed by atoms with Gasteiger partial charge in [0, 0.05) is 43.7 Å². The molecule has 0 bridgehead atoms. The number of H-pyrrole nitrogens is 1. The van der Waals surface area contributed by atoms with Crippen LogP contribution in [-0.4, -0.2) is 31.1 Å². The smallest absolute Gasteiger partial charge is 0.186 e. The summed E-state index contributed by atoms with van der Waals surface area (Å²) in [4.78, 5) is 16.1. The highest BCUT2D eigenvalue weighted by Crippen LogP contribution is 2.43. The highest BCUT2D eigenvalue weighted by atomic mass is 35.5. The number of aromatic nitrogens is 5. The molecule has 0 aliphatic rings. The summed E-state index contributed by atoms with van der Waals surface area (Å²) in [6.45, 7) is 1.10. The Bertz CT molecular complexity index is 1860. The number of rotatable bonds is 5. The summed E-state index contributed by atoms with van der Waals surface area (Å²) in [5.41, 5.74) is 10.5. The minimum absolute atomic E-state index is 0.368. The summed E-state index contributed by atoms with van der Waals surface area (Å²) in [6, 6.07) is 13.5. The summed E-state index contributed by atoms with van der Waals surface area (Å²) >= 11 is 12.6. The molecule has 0 spiro atoms. The van der Waals surface area contributed by atoms with Gasteiger partial charge in [-0.25, -0.2) is 15.0 Å². The number of halogens is 2. The maximum atomic E-state index is 6.40. The first kappa shape index (κ1) is 21.3. The van der Waals surface area contributed by atoms with Crippen LogP contribution in [0.15, 0.2) is 59.5 Å². The second-order valence-electron chi connectivity index (χ2n) is 8.63. The summed E-state index contributed by atoms with van der Waals surface area (Å²) in [5, 5.41) is 5.20. The van der Waals surface area contributed by atoms with Gasteiger partial charge < -0.3 is 24.4 Å². The number of aryl methyl sites for hydroxylation is 1. The van der Waals surface area contributed by atoms with Crippen LogP contribution in [0, 0.1) is 0 Å². The number of ether oxygens (including phenoxy) is 1. The largest absolute Gasteiger partial charge is 0.488 e. The summed E-state index contributed by atoms with van der Waals surface area (Å²) in [7, 11) is 0. The second-order valence-corrected chi connectivity index (χ2v) is 9.51. The molecule has 0 unspecified atom stereocenters. The summed E-state index contributed by atoms with van der Waals surface area (Å²) < 4.78 is 14.6. The van der Waals surface area contributed by atoms with Crippen LogP contribution in [0.3, 0.4) is 0 Å². The lowest BCUT2D eigenvalue weighted by Gasteiger charge is -2.09. The normalized spacial score (nSPS) is 12.1. The molecule has 4 aromatic heterocycles. The minimum Gasteiger partial charge on any atom is -0.488 e. The van der Waals surface area contributed by atoms with Crippen molar-refractivity contribution < 1.29 is 9.15 Å². The lowest BCUT2D eigenvalue weighted by molar-refractivity contribution is 0.305. The maximum Gasteiger partial charge on any atom is 0.186 e. The molecular weight excluding hydrogens is 499 g/mol. The Labute approximate surface area is 213 Å². The number of nitrogens with zero attached hydrogens (tertiary/aromatic N) is 4. The topological polar surface area (TPSA) is 108 Å². The van der Waals surface area contributed by atoms with Crippen molar-refractivity contribution in [2.45, 2.75) is 13.0 Å². The average Bonchev–Trinajstić information content (AvgIpc) is 3.55. The Morgan fingerprint density at radius 2 is 1.78 bits per heavy atom. The maximum absolute atomic E-state index is 6.40. The van der Waals surface area contributed by atoms with Crippen LogP contribution >= 0.6 is 23.2 Å². The second kappa shape index (κ2) is 8.01. The predicted octanol–water partition coefficient (Wildman–Crippen LogP) is 6.72. The van der Waals surface area contributed by atoms with Crippen molar-refractivity contribution in [2.24, 2.45) is 0 Å². The lowest BCUT2D eigenvalue weighted by Crippen LogP contribution is -2.05. The molecule has 0 aliphatic carbocycles. The molecule has 0 saturated carbocycles. The number of benzene rings is 3. The van der Waals surface area contributed by atoms with E-state index in [-0.39, 0.29) is 0 Å². The third-order valence-electron chi connectivity index (χ3n) is 6.43. The van der Waals surface area contributed by atoms with Gasteiger partial charge in [-0.3, -0.25) is 0 Å². The van der Waals surface area contributed by atoms with Crippen molar-refractivity contribution in [1.82, 2.24) is 24.5 Å². The lowest BCUT2D eigenvalue weighted by atomic mass is 10.1. The number of furan rings is 1. The van der Waals surface area contributed by atoms with Crippen LogP contribution in [0.4, 0.5) is 5.82 Å². The number of fused-ring (bicyclic) bond motifs is 7. The van der Waals surface area contributed by atoms with Crippen molar-refractivity contribution >= 4 is 83.9 Å². The van der Waals surface area contributed by atoms with E-state index in [1.54, 1.807) is 6.33 Å². The molecule has 0 fully saturated rings. The van der Waals surface area contributed by atoms with E-state index < -0.39 is 0 Å². The number of imidazole rings is 1. The molecule has 3 aromatic carbocycles. The van der Waals surface area contributed by atoms with E-state index in [4.69, 9.17) is 38.1 Å². The fourth-order valence-corrected chi connectivity index (χ4v) is 5.13. The van der Waals surface area contributed by atoms with Crippen LogP contribution in [0.5, 0.6) is 5.75 Å². The van der Waals surface area contributed by atoms with Gasteiger partial charge in [-0.15, -0.1) is 0 Å². The number of anilines is 1. The number of nitrogens with one attached hydrogen (secondary N) is 1. The van der Waals surface area contributed by atoms with Crippen molar-refractivity contribution in [1.29, 1.82) is 0 Å². The van der Waals surface area contributed by atoms with Gasteiger partial charge in [-0.2, -0.15) is 0 Å². The van der Waals surface area contributed by atoms with Crippen molar-refractivity contribution in [3.8, 4) is 5.75 Å². The number of nitrogen functional groups attached to an aromatic ring is 1. The first-order valence-electron chi connectivity index (χ1n) is 11.4. The molecule has 178 valence electrons. The molecule has 4 heterocycles. The molecule has 3 N–H and O–H groups in total. The van der Waals surface area contributed by atoms with Gasteiger partial charge in [0.05, 0.1) is 18.5 Å². The fourth-order valence-electron chi connectivity index (χ4n) is 4.78. The first-order chi connectivity index (χ1) is 17.6. The van der Waals surface area contributed by atoms with Crippen LogP contribution in [0.25, 0.3) is 54.9 Å². The van der Waals surface area contributed by atoms with Gasteiger partial charge in [0.15, 0.2) is 22.8 Å². The van der Waals surface area contributed by atoms with Crippen LogP contribution in [-0.2, 0) is 6.54 Å². The minimum atomic E-state index is 0.368. The van der Waals surface area contributed by atoms with Gasteiger partial charge in [0.1, 0.15) is 17.4 Å². The number of nitrogens with two attached hydrogens (primary N) is 1. The fraction of sp³-hybridized carbons (Fsp3) is 0.115. The van der Waals surface area contributed by atoms with Crippen molar-refractivity contribution in [3.05, 3.63) is 65.2 Å². The third-order valence-corrected chi connectivity index (χ3v) is 6.90. The zero-order valence-corrected chi connectivity index (χ0v) is 20.3. The van der Waals surface area contributed by atoms with Crippen LogP contribution in [0.2, 0.25) is 10.0 Å². The standard InChI is InChI=1S/C26H18Cl2N6O2/c27-13-2-4-19-15(8-13)17-10-18-16-9-14(28)3-5-20(16)36-23(18)24(21(17)33-19)35-7-1-6-34-12-32-22-25(29)30-11-31-26(22)34/h2-5,8-12,33H,1,6-7H2,(H2,29,30,31). The van der Waals surface area contributed by atoms with Gasteiger partial charge >= 0.3 is 0 Å². The van der Waals surface area contributed by atoms with Gasteiger partial charge in [0.2, 0.25) is 0 Å². The van der Waals surface area contributed by atoms with E-state index in [1.807, 2.05) is 41.0 Å². The van der Waals surface area contributed by atoms with Crippen LogP contribution in [0.1, 0.15) is 6.42 Å². The van der Waals surface area contributed by atoms with E-state index in [2.05, 4.69) is 26.0 Å². The van der Waals surface area contributed by atoms with E-state index in [1.165, 1.54) is 6.33 Å². The molecule has 7 rings (SSSR count). The Balaban J connectivity index is 1.30. The number of hydrogen-bond acceptors (Lipinski definition) is 6.